The van der Waals surface area contributed by atoms with Gasteiger partial charge in [-0.05, 0) is 222 Å². The van der Waals surface area contributed by atoms with Crippen molar-refractivity contribution < 1.29 is 0 Å². The number of thiophene rings is 2. The van der Waals surface area contributed by atoms with Crippen LogP contribution in [0.4, 0.5) is 0 Å². The molecule has 0 atom stereocenters. The summed E-state index contributed by atoms with van der Waals surface area (Å²) in [4.78, 5) is 0. The standard InChI is InChI=1S/C84H56N4S2/c1-7-25-73-61(15-1)62-16-2-8-26-74(62)85(73)55-35-39-57(40-36-55)87-77-43-31-51(47-69(77)71-49-53(33-45-79(71)87)59-21-13-23-67-65-19-5-11-29-81(65)89-83(59)67)52-32-44-78-70(48-52)72-50-54(60-22-14-24-68-66-20-6-12-30-82(66)90-84(60)68)34-46-80(72)88(78)58-41-37-56(38-42-58)86-75-27-9-3-17-63(75)64-18-4-10-28-76(64)86/h1,5-15,19-50H,2-4,16-18H2. The van der Waals surface area contributed by atoms with Crippen molar-refractivity contribution in [3.8, 4) is 56.1 Å². The molecular formula is C84H56N4S2. The molecule has 20 rings (SSSR count). The highest BCUT2D eigenvalue weighted by Gasteiger charge is 2.26. The van der Waals surface area contributed by atoms with Gasteiger partial charge in [-0.25, -0.2) is 0 Å². The number of rotatable bonds is 7. The summed E-state index contributed by atoms with van der Waals surface area (Å²) in [7, 11) is 0. The largest absolute Gasteiger partial charge is 0.310 e. The number of allylic oxidation sites excluding steroid dienone is 3. The average Bonchev–Trinajstić information content (AvgIpc) is 1.68. The minimum atomic E-state index is 1.06. The van der Waals surface area contributed by atoms with Crippen LogP contribution in [0.1, 0.15) is 53.0 Å². The summed E-state index contributed by atoms with van der Waals surface area (Å²) in [6.45, 7) is 0. The highest BCUT2D eigenvalue weighted by molar-refractivity contribution is 7.26. The maximum Gasteiger partial charge on any atom is 0.0541 e. The van der Waals surface area contributed by atoms with Gasteiger partial charge in [0.05, 0.1) is 27.6 Å². The Labute approximate surface area is 527 Å². The van der Waals surface area contributed by atoms with Crippen LogP contribution in [0.5, 0.6) is 0 Å². The second kappa shape index (κ2) is 19.5. The highest BCUT2D eigenvalue weighted by atomic mass is 32.1. The van der Waals surface area contributed by atoms with Crippen molar-refractivity contribution in [2.45, 2.75) is 38.5 Å². The predicted molar refractivity (Wildman–Crippen MR) is 385 cm³/mol. The molecule has 4 nitrogen and oxygen atoms in total. The maximum absolute atomic E-state index is 2.51. The zero-order valence-corrected chi connectivity index (χ0v) is 50.9. The van der Waals surface area contributed by atoms with Crippen LogP contribution >= 0.6 is 22.7 Å². The van der Waals surface area contributed by atoms with Gasteiger partial charge in [0.15, 0.2) is 0 Å². The van der Waals surface area contributed by atoms with E-state index >= 15 is 0 Å². The lowest BCUT2D eigenvalue weighted by atomic mass is 9.94. The first-order valence-electron chi connectivity index (χ1n) is 31.7. The molecule has 0 saturated carbocycles. The van der Waals surface area contributed by atoms with Crippen LogP contribution in [0.2, 0.25) is 0 Å². The maximum atomic E-state index is 2.51. The van der Waals surface area contributed by atoms with Crippen LogP contribution in [0.25, 0.3) is 169 Å². The minimum Gasteiger partial charge on any atom is -0.310 e. The van der Waals surface area contributed by atoms with Crippen LogP contribution in [0.3, 0.4) is 0 Å². The second-order valence-electron chi connectivity index (χ2n) is 24.8. The van der Waals surface area contributed by atoms with E-state index in [1.54, 1.807) is 0 Å². The summed E-state index contributed by atoms with van der Waals surface area (Å²) < 4.78 is 15.2. The molecule has 6 heteroatoms. The van der Waals surface area contributed by atoms with Crippen molar-refractivity contribution in [2.75, 3.05) is 0 Å². The molecule has 11 aromatic carbocycles. The molecule has 0 fully saturated rings. The molecule has 3 aliphatic carbocycles. The number of benzene rings is 11. The van der Waals surface area contributed by atoms with Gasteiger partial charge in [-0.2, -0.15) is 0 Å². The smallest absolute Gasteiger partial charge is 0.0541 e. The summed E-state index contributed by atoms with van der Waals surface area (Å²) in [5.74, 6) is 0. The molecule has 17 aromatic rings. The molecule has 0 N–H and O–H groups in total. The van der Waals surface area contributed by atoms with E-state index in [1.165, 1.54) is 173 Å². The third-order valence-corrected chi connectivity index (χ3v) is 22.5. The summed E-state index contributed by atoms with van der Waals surface area (Å²) >= 11 is 3.79. The molecule has 0 aliphatic heterocycles. The lowest BCUT2D eigenvalue weighted by molar-refractivity contribution is 0.922. The lowest BCUT2D eigenvalue weighted by Crippen LogP contribution is -2.03. The lowest BCUT2D eigenvalue weighted by Gasteiger charge is -2.15. The Morgan fingerprint density at radius 3 is 1.09 bits per heavy atom. The molecule has 0 radical (unpaired) electrons. The fourth-order valence-electron chi connectivity index (χ4n) is 16.0. The number of fused-ring (bicyclic) bond motifs is 18. The van der Waals surface area contributed by atoms with Crippen LogP contribution < -0.4 is 0 Å². The fourth-order valence-corrected chi connectivity index (χ4v) is 18.4. The predicted octanol–water partition coefficient (Wildman–Crippen LogP) is 23.2. The van der Waals surface area contributed by atoms with Crippen molar-refractivity contribution >= 4 is 136 Å². The first-order chi connectivity index (χ1) is 44.6. The average molecular weight is 1190 g/mol. The van der Waals surface area contributed by atoms with E-state index in [0.29, 0.717) is 0 Å². The van der Waals surface area contributed by atoms with Crippen LogP contribution in [-0.2, 0) is 19.3 Å². The first kappa shape index (κ1) is 50.5. The van der Waals surface area contributed by atoms with Gasteiger partial charge in [0.25, 0.3) is 0 Å². The molecule has 0 spiro atoms. The van der Waals surface area contributed by atoms with Crippen molar-refractivity contribution in [3.05, 3.63) is 283 Å². The van der Waals surface area contributed by atoms with E-state index in [2.05, 4.69) is 285 Å². The summed E-state index contributed by atoms with van der Waals surface area (Å²) in [5, 5.41) is 11.5. The van der Waals surface area contributed by atoms with E-state index in [-0.39, 0.29) is 0 Å². The number of para-hydroxylation sites is 1. The van der Waals surface area contributed by atoms with Crippen molar-refractivity contribution in [2.24, 2.45) is 0 Å². The fraction of sp³-hybridized carbons (Fsp3) is 0.0714. The Balaban J connectivity index is 0.769. The Morgan fingerprint density at radius 2 is 0.611 bits per heavy atom. The van der Waals surface area contributed by atoms with Crippen molar-refractivity contribution in [1.29, 1.82) is 0 Å². The molecule has 0 bridgehead atoms. The van der Waals surface area contributed by atoms with E-state index in [1.807, 2.05) is 22.7 Å². The number of hydrogen-bond acceptors (Lipinski definition) is 2. The van der Waals surface area contributed by atoms with Crippen LogP contribution in [-0.4, -0.2) is 18.3 Å². The quantitative estimate of drug-likeness (QED) is 0.152. The zero-order chi connectivity index (χ0) is 58.7. The molecule has 0 unspecified atom stereocenters. The van der Waals surface area contributed by atoms with Crippen LogP contribution in [0, 0.1) is 0 Å². The van der Waals surface area contributed by atoms with Gasteiger partial charge in [0.1, 0.15) is 0 Å². The third kappa shape index (κ3) is 7.40. The second-order valence-corrected chi connectivity index (χ2v) is 26.9. The number of aryl methyl sites for hydroxylation is 1. The molecule has 6 aromatic heterocycles. The molecule has 0 saturated heterocycles. The van der Waals surface area contributed by atoms with Gasteiger partial charge in [0.2, 0.25) is 0 Å². The Kier molecular flexibility index (Phi) is 10.9. The Hall–Kier alpha value is -10.5. The Bertz CT molecular complexity index is 5980. The first-order valence-corrected chi connectivity index (χ1v) is 33.3. The molecule has 3 aliphatic rings. The highest BCUT2D eigenvalue weighted by Crippen LogP contribution is 2.47. The summed E-state index contributed by atoms with van der Waals surface area (Å²) in [5.41, 5.74) is 26.5. The van der Waals surface area contributed by atoms with Crippen molar-refractivity contribution in [1.82, 2.24) is 18.3 Å². The molecule has 6 heterocycles. The number of hydrogen-bond donors (Lipinski definition) is 0. The molecule has 0 amide bonds. The van der Waals surface area contributed by atoms with Crippen LogP contribution in [0.15, 0.2) is 249 Å². The number of aromatic nitrogens is 4. The number of nitrogens with zero attached hydrogens (tertiary/aromatic N) is 4. The third-order valence-electron chi connectivity index (χ3n) is 20.0. The molecule has 424 valence electrons. The SMILES string of the molecule is C1=Cc2c(c3c(n2-c2ccc(-n4c5ccc(-c6ccc7c(c6)c6cc(-c8cccc9c8sc8ccccc89)ccc6n7-c6ccc(-n7c8c(c9ccccc97)CCC=C8)cc6)cc5c5cc(-c6cccc7c6sc6ccccc67)ccc54)cc2)C=CCC3)CC1. The Morgan fingerprint density at radius 1 is 0.256 bits per heavy atom. The minimum absolute atomic E-state index is 1.06. The topological polar surface area (TPSA) is 19.7 Å². The van der Waals surface area contributed by atoms with E-state index in [4.69, 9.17) is 0 Å². The van der Waals surface area contributed by atoms with E-state index in [9.17, 15) is 0 Å². The molecular weight excluding hydrogens is 1130 g/mol. The summed E-state index contributed by atoms with van der Waals surface area (Å²) in [6, 6.07) is 87.6. The van der Waals surface area contributed by atoms with Gasteiger partial charge < -0.3 is 18.3 Å². The van der Waals surface area contributed by atoms with Gasteiger partial charge in [-0.3, -0.25) is 0 Å². The molecule has 90 heavy (non-hydrogen) atoms. The van der Waals surface area contributed by atoms with E-state index in [0.717, 1.165) is 49.9 Å². The van der Waals surface area contributed by atoms with E-state index < -0.39 is 0 Å². The van der Waals surface area contributed by atoms with Gasteiger partial charge in [-0.1, -0.05) is 133 Å². The van der Waals surface area contributed by atoms with Gasteiger partial charge >= 0.3 is 0 Å². The van der Waals surface area contributed by atoms with Gasteiger partial charge in [-0.15, -0.1) is 22.7 Å². The summed E-state index contributed by atoms with van der Waals surface area (Å²) in [6.07, 6.45) is 20.6. The monoisotopic (exact) mass is 1180 g/mol. The zero-order valence-electron chi connectivity index (χ0n) is 49.3. The van der Waals surface area contributed by atoms with Crippen molar-refractivity contribution in [3.63, 3.8) is 0 Å². The normalized spacial score (nSPS) is 13.8. The van der Waals surface area contributed by atoms with Gasteiger partial charge in [0, 0.05) is 107 Å².